The molecule has 0 radical (unpaired) electrons. The van der Waals surface area contributed by atoms with Crippen molar-refractivity contribution < 1.29 is 13.9 Å². The molecule has 0 aliphatic heterocycles. The van der Waals surface area contributed by atoms with Crippen molar-refractivity contribution in [3.05, 3.63) is 65.5 Å². The monoisotopic (exact) mass is 315 g/mol. The number of methoxy groups -OCH3 is 1. The van der Waals surface area contributed by atoms with Crippen molar-refractivity contribution >= 4 is 5.91 Å². The summed E-state index contributed by atoms with van der Waals surface area (Å²) in [6.45, 7) is 2.97. The number of benzene rings is 2. The highest BCUT2D eigenvalue weighted by Gasteiger charge is 2.12. The van der Waals surface area contributed by atoms with Crippen LogP contribution in [0.5, 0.6) is 5.75 Å². The maximum atomic E-state index is 13.2. The number of nitrogens with zero attached hydrogens (tertiary/aromatic N) is 1. The summed E-state index contributed by atoms with van der Waals surface area (Å²) in [5, 5.41) is 0. The Bertz CT molecular complexity index is 657. The van der Waals surface area contributed by atoms with Crippen LogP contribution >= 0.6 is 0 Å². The van der Waals surface area contributed by atoms with Gasteiger partial charge in [-0.15, -0.1) is 0 Å². The fourth-order valence-corrected chi connectivity index (χ4v) is 2.47. The minimum absolute atomic E-state index is 0.0691. The van der Waals surface area contributed by atoms with Crippen LogP contribution < -0.4 is 4.74 Å². The Morgan fingerprint density at radius 1 is 1.13 bits per heavy atom. The zero-order chi connectivity index (χ0) is 16.7. The van der Waals surface area contributed by atoms with Gasteiger partial charge in [-0.3, -0.25) is 4.79 Å². The Morgan fingerprint density at radius 2 is 1.87 bits per heavy atom. The third-order valence-corrected chi connectivity index (χ3v) is 3.76. The summed E-state index contributed by atoms with van der Waals surface area (Å²) in [7, 11) is 1.63. The number of halogens is 1. The molecule has 2 aromatic carbocycles. The SMILES string of the molecule is CCN(Cc1cccc(F)c1)C(=O)CCc1cccc(OC)c1. The van der Waals surface area contributed by atoms with E-state index in [1.54, 1.807) is 18.1 Å². The van der Waals surface area contributed by atoms with Gasteiger partial charge in [0.25, 0.3) is 0 Å². The molecular formula is C19H22FNO2. The molecule has 0 heterocycles. The molecule has 0 bridgehead atoms. The summed E-state index contributed by atoms with van der Waals surface area (Å²) < 4.78 is 18.4. The molecule has 0 spiro atoms. The first kappa shape index (κ1) is 17.0. The molecule has 0 saturated heterocycles. The van der Waals surface area contributed by atoms with Crippen molar-refractivity contribution in [1.29, 1.82) is 0 Å². The minimum Gasteiger partial charge on any atom is -0.497 e. The van der Waals surface area contributed by atoms with Crippen LogP contribution in [0.4, 0.5) is 4.39 Å². The topological polar surface area (TPSA) is 29.5 Å². The van der Waals surface area contributed by atoms with Crippen LogP contribution in [-0.2, 0) is 17.8 Å². The van der Waals surface area contributed by atoms with E-state index in [4.69, 9.17) is 4.74 Å². The predicted molar refractivity (Wildman–Crippen MR) is 88.8 cm³/mol. The van der Waals surface area contributed by atoms with Crippen LogP contribution in [0, 0.1) is 5.82 Å². The number of ether oxygens (including phenoxy) is 1. The van der Waals surface area contributed by atoms with E-state index in [1.807, 2.05) is 37.3 Å². The van der Waals surface area contributed by atoms with Gasteiger partial charge in [0.2, 0.25) is 5.91 Å². The molecule has 2 rings (SSSR count). The number of carbonyl (C=O) groups excluding carboxylic acids is 1. The van der Waals surface area contributed by atoms with Gasteiger partial charge < -0.3 is 9.64 Å². The zero-order valence-electron chi connectivity index (χ0n) is 13.6. The van der Waals surface area contributed by atoms with Crippen molar-refractivity contribution in [2.75, 3.05) is 13.7 Å². The average molecular weight is 315 g/mol. The van der Waals surface area contributed by atoms with Gasteiger partial charge >= 0.3 is 0 Å². The minimum atomic E-state index is -0.276. The Kier molecular flexibility index (Phi) is 6.15. The number of carbonyl (C=O) groups is 1. The number of rotatable bonds is 7. The molecule has 0 aliphatic carbocycles. The van der Waals surface area contributed by atoms with Crippen LogP contribution in [0.3, 0.4) is 0 Å². The lowest BCUT2D eigenvalue weighted by molar-refractivity contribution is -0.131. The van der Waals surface area contributed by atoms with Crippen molar-refractivity contribution in [3.63, 3.8) is 0 Å². The predicted octanol–water partition coefficient (Wildman–Crippen LogP) is 3.82. The molecule has 0 fully saturated rings. The molecule has 122 valence electrons. The van der Waals surface area contributed by atoms with Crippen molar-refractivity contribution in [3.8, 4) is 5.75 Å². The average Bonchev–Trinajstić information content (AvgIpc) is 2.57. The van der Waals surface area contributed by atoms with E-state index in [0.29, 0.717) is 25.9 Å². The van der Waals surface area contributed by atoms with E-state index in [0.717, 1.165) is 16.9 Å². The van der Waals surface area contributed by atoms with E-state index in [-0.39, 0.29) is 11.7 Å². The smallest absolute Gasteiger partial charge is 0.223 e. The Morgan fingerprint density at radius 3 is 2.57 bits per heavy atom. The molecule has 0 atom stereocenters. The second-order valence-electron chi connectivity index (χ2n) is 5.39. The van der Waals surface area contributed by atoms with E-state index in [1.165, 1.54) is 12.1 Å². The fraction of sp³-hybridized carbons (Fsp3) is 0.316. The van der Waals surface area contributed by atoms with Gasteiger partial charge in [0.1, 0.15) is 11.6 Å². The Labute approximate surface area is 136 Å². The van der Waals surface area contributed by atoms with Crippen LogP contribution in [-0.4, -0.2) is 24.5 Å². The fourth-order valence-electron chi connectivity index (χ4n) is 2.47. The summed E-state index contributed by atoms with van der Waals surface area (Å²) in [5.41, 5.74) is 1.88. The summed E-state index contributed by atoms with van der Waals surface area (Å²) in [6, 6.07) is 14.1. The molecule has 0 aliphatic rings. The molecule has 1 amide bonds. The van der Waals surface area contributed by atoms with Crippen LogP contribution in [0.1, 0.15) is 24.5 Å². The van der Waals surface area contributed by atoms with Gasteiger partial charge in [-0.25, -0.2) is 4.39 Å². The first-order valence-electron chi connectivity index (χ1n) is 7.77. The molecule has 23 heavy (non-hydrogen) atoms. The Balaban J connectivity index is 1.94. The molecule has 2 aromatic rings. The largest absolute Gasteiger partial charge is 0.497 e. The third-order valence-electron chi connectivity index (χ3n) is 3.76. The van der Waals surface area contributed by atoms with Gasteiger partial charge in [0, 0.05) is 19.5 Å². The van der Waals surface area contributed by atoms with E-state index >= 15 is 0 Å². The molecule has 4 heteroatoms. The third kappa shape index (κ3) is 5.09. The molecule has 0 aromatic heterocycles. The molecule has 3 nitrogen and oxygen atoms in total. The quantitative estimate of drug-likeness (QED) is 0.777. The summed E-state index contributed by atoms with van der Waals surface area (Å²) in [4.78, 5) is 14.1. The number of aryl methyl sites for hydroxylation is 1. The zero-order valence-corrected chi connectivity index (χ0v) is 13.6. The van der Waals surface area contributed by atoms with Gasteiger partial charge in [-0.2, -0.15) is 0 Å². The van der Waals surface area contributed by atoms with Crippen molar-refractivity contribution in [2.45, 2.75) is 26.3 Å². The van der Waals surface area contributed by atoms with E-state index < -0.39 is 0 Å². The lowest BCUT2D eigenvalue weighted by atomic mass is 10.1. The molecule has 0 saturated carbocycles. The molecule has 0 N–H and O–H groups in total. The summed E-state index contributed by atoms with van der Waals surface area (Å²) in [6.07, 6.45) is 1.09. The second kappa shape index (κ2) is 8.32. The summed E-state index contributed by atoms with van der Waals surface area (Å²) in [5.74, 6) is 0.587. The van der Waals surface area contributed by atoms with E-state index in [2.05, 4.69) is 0 Å². The first-order chi connectivity index (χ1) is 11.1. The van der Waals surface area contributed by atoms with E-state index in [9.17, 15) is 9.18 Å². The molecule has 0 unspecified atom stereocenters. The number of hydrogen-bond donors (Lipinski definition) is 0. The molecular weight excluding hydrogens is 293 g/mol. The Hall–Kier alpha value is -2.36. The van der Waals surface area contributed by atoms with Crippen LogP contribution in [0.15, 0.2) is 48.5 Å². The lowest BCUT2D eigenvalue weighted by Gasteiger charge is -2.21. The van der Waals surface area contributed by atoms with Crippen molar-refractivity contribution in [1.82, 2.24) is 4.90 Å². The van der Waals surface area contributed by atoms with Gasteiger partial charge in [-0.1, -0.05) is 24.3 Å². The van der Waals surface area contributed by atoms with Crippen LogP contribution in [0.25, 0.3) is 0 Å². The maximum absolute atomic E-state index is 13.2. The van der Waals surface area contributed by atoms with Crippen molar-refractivity contribution in [2.24, 2.45) is 0 Å². The van der Waals surface area contributed by atoms with Gasteiger partial charge in [-0.05, 0) is 48.7 Å². The highest BCUT2D eigenvalue weighted by atomic mass is 19.1. The van der Waals surface area contributed by atoms with Gasteiger partial charge in [0.15, 0.2) is 0 Å². The van der Waals surface area contributed by atoms with Crippen LogP contribution in [0.2, 0.25) is 0 Å². The first-order valence-corrected chi connectivity index (χ1v) is 7.77. The highest BCUT2D eigenvalue weighted by Crippen LogP contribution is 2.15. The summed E-state index contributed by atoms with van der Waals surface area (Å²) >= 11 is 0. The number of hydrogen-bond acceptors (Lipinski definition) is 2. The highest BCUT2D eigenvalue weighted by molar-refractivity contribution is 5.76. The maximum Gasteiger partial charge on any atom is 0.223 e. The standard InChI is InChI=1S/C19H22FNO2/c1-3-21(14-16-7-4-8-17(20)12-16)19(22)11-10-15-6-5-9-18(13-15)23-2/h4-9,12-13H,3,10-11,14H2,1-2H3. The second-order valence-corrected chi connectivity index (χ2v) is 5.39. The normalized spacial score (nSPS) is 10.4. The number of amides is 1. The lowest BCUT2D eigenvalue weighted by Crippen LogP contribution is -2.30. The van der Waals surface area contributed by atoms with Gasteiger partial charge in [0.05, 0.1) is 7.11 Å².